The predicted molar refractivity (Wildman–Crippen MR) is 122 cm³/mol. The molecule has 0 radical (unpaired) electrons. The number of amides is 1. The molecule has 0 unspecified atom stereocenters. The normalized spacial score (nSPS) is 14.6. The number of carboxylic acids is 2. The van der Waals surface area contributed by atoms with Crippen LogP contribution in [0.4, 0.5) is 5.95 Å². The minimum atomic E-state index is -2.27. The molecular formula is C21H26N6O8. The number of hydrogen-bond donors (Lipinski definition) is 6. The summed E-state index contributed by atoms with van der Waals surface area (Å²) in [4.78, 5) is 45.8. The first-order valence-corrected chi connectivity index (χ1v) is 10.3. The maximum absolute atomic E-state index is 11.7. The van der Waals surface area contributed by atoms with Crippen molar-refractivity contribution in [3.8, 4) is 11.1 Å². The number of aliphatic carboxylic acids is 2. The number of rotatable bonds is 7. The summed E-state index contributed by atoms with van der Waals surface area (Å²) in [5.41, 5.74) is 13.1. The molecule has 188 valence electrons. The molecule has 2 aromatic rings. The second-order valence-corrected chi connectivity index (χ2v) is 7.24. The third kappa shape index (κ3) is 8.62. The van der Waals surface area contributed by atoms with Crippen LogP contribution in [0.1, 0.15) is 5.56 Å². The fourth-order valence-corrected chi connectivity index (χ4v) is 2.89. The van der Waals surface area contributed by atoms with Crippen LogP contribution in [0.3, 0.4) is 0 Å². The predicted octanol–water partition coefficient (Wildman–Crippen LogP) is -1.80. The van der Waals surface area contributed by atoms with Crippen molar-refractivity contribution < 1.29 is 39.5 Å². The Morgan fingerprint density at radius 3 is 2.09 bits per heavy atom. The Kier molecular flexibility index (Phi) is 10.0. The average molecular weight is 490 g/mol. The summed E-state index contributed by atoms with van der Waals surface area (Å²) < 4.78 is 5.33. The van der Waals surface area contributed by atoms with Gasteiger partial charge in [0.25, 0.3) is 5.91 Å². The quantitative estimate of drug-likeness (QED) is 0.186. The number of hydrogen-bond acceptors (Lipinski definition) is 9. The molecule has 1 aliphatic rings. The molecule has 2 atom stereocenters. The van der Waals surface area contributed by atoms with Crippen molar-refractivity contribution in [3.63, 3.8) is 0 Å². The van der Waals surface area contributed by atoms with E-state index in [4.69, 9.17) is 36.6 Å². The number of guanidine groups is 1. The number of aliphatic imine (C=N–C) groups is 1. The van der Waals surface area contributed by atoms with Crippen LogP contribution in [-0.2, 0) is 25.5 Å². The molecule has 2 heterocycles. The van der Waals surface area contributed by atoms with Crippen LogP contribution in [0, 0.1) is 0 Å². The number of carbonyl (C=O) groups excluding carboxylic acids is 1. The Hall–Kier alpha value is -4.14. The maximum Gasteiger partial charge on any atom is 0.335 e. The molecular weight excluding hydrogens is 464 g/mol. The molecule has 3 rings (SSSR count). The van der Waals surface area contributed by atoms with Crippen molar-refractivity contribution >= 4 is 29.8 Å². The zero-order valence-electron chi connectivity index (χ0n) is 18.5. The molecule has 14 nitrogen and oxygen atoms in total. The number of ether oxygens (including phenoxy) is 1. The van der Waals surface area contributed by atoms with Gasteiger partial charge >= 0.3 is 11.9 Å². The zero-order chi connectivity index (χ0) is 26.0. The van der Waals surface area contributed by atoms with E-state index in [0.717, 1.165) is 29.8 Å². The number of nitrogens with zero attached hydrogens (tertiary/aromatic N) is 4. The van der Waals surface area contributed by atoms with Crippen molar-refractivity contribution in [2.24, 2.45) is 16.5 Å². The lowest BCUT2D eigenvalue weighted by molar-refractivity contribution is -0.165. The first-order valence-electron chi connectivity index (χ1n) is 10.3. The summed E-state index contributed by atoms with van der Waals surface area (Å²) in [6.45, 7) is 2.97. The summed E-state index contributed by atoms with van der Waals surface area (Å²) >= 11 is 0. The first-order chi connectivity index (χ1) is 16.6. The first kappa shape index (κ1) is 27.1. The van der Waals surface area contributed by atoms with Crippen LogP contribution < -0.4 is 16.4 Å². The van der Waals surface area contributed by atoms with Crippen LogP contribution in [0.15, 0.2) is 41.7 Å². The largest absolute Gasteiger partial charge is 0.479 e. The van der Waals surface area contributed by atoms with Crippen molar-refractivity contribution in [2.45, 2.75) is 18.6 Å². The third-order valence-electron chi connectivity index (χ3n) is 4.61. The van der Waals surface area contributed by atoms with Gasteiger partial charge in [0.2, 0.25) is 5.95 Å². The van der Waals surface area contributed by atoms with Gasteiger partial charge in [-0.2, -0.15) is 4.99 Å². The summed E-state index contributed by atoms with van der Waals surface area (Å²) in [6.07, 6.45) is -0.822. The van der Waals surface area contributed by atoms with Crippen LogP contribution in [0.2, 0.25) is 0 Å². The van der Waals surface area contributed by atoms with Crippen LogP contribution >= 0.6 is 0 Å². The van der Waals surface area contributed by atoms with Crippen molar-refractivity contribution in [1.29, 1.82) is 0 Å². The maximum atomic E-state index is 11.7. The molecule has 1 fully saturated rings. The van der Waals surface area contributed by atoms with E-state index < -0.39 is 24.1 Å². The molecule has 1 aromatic heterocycles. The van der Waals surface area contributed by atoms with Crippen molar-refractivity contribution in [3.05, 3.63) is 42.2 Å². The Bertz CT molecular complexity index is 1030. The highest BCUT2D eigenvalue weighted by Gasteiger charge is 2.29. The molecule has 1 aromatic carbocycles. The van der Waals surface area contributed by atoms with Crippen LogP contribution in [0.25, 0.3) is 11.1 Å². The van der Waals surface area contributed by atoms with E-state index in [0.29, 0.717) is 19.2 Å². The van der Waals surface area contributed by atoms with Gasteiger partial charge in [-0.1, -0.05) is 24.3 Å². The molecule has 35 heavy (non-hydrogen) atoms. The number of carboxylic acid groups (broad SMARTS) is 2. The number of carbonyl (C=O) groups is 3. The Labute approximate surface area is 199 Å². The van der Waals surface area contributed by atoms with Crippen molar-refractivity contribution in [1.82, 2.24) is 9.97 Å². The Balaban J connectivity index is 0.000000367. The molecule has 1 amide bonds. The lowest BCUT2D eigenvalue weighted by atomic mass is 10.0. The number of aromatic nitrogens is 2. The van der Waals surface area contributed by atoms with Crippen LogP contribution in [-0.4, -0.2) is 92.7 Å². The number of nitrogens with two attached hydrogens (primary N) is 2. The van der Waals surface area contributed by atoms with E-state index in [9.17, 15) is 14.4 Å². The summed E-state index contributed by atoms with van der Waals surface area (Å²) in [5.74, 6) is -3.44. The number of benzene rings is 1. The smallest absolute Gasteiger partial charge is 0.335 e. The van der Waals surface area contributed by atoms with E-state index in [-0.39, 0.29) is 18.3 Å². The van der Waals surface area contributed by atoms with E-state index in [1.165, 1.54) is 0 Å². The van der Waals surface area contributed by atoms with E-state index in [2.05, 4.69) is 19.9 Å². The number of aliphatic hydroxyl groups is 2. The minimum absolute atomic E-state index is 0.137. The van der Waals surface area contributed by atoms with Gasteiger partial charge in [-0.15, -0.1) is 0 Å². The molecule has 1 aliphatic heterocycles. The third-order valence-corrected chi connectivity index (χ3v) is 4.61. The Morgan fingerprint density at radius 1 is 1.00 bits per heavy atom. The van der Waals surface area contributed by atoms with Gasteiger partial charge < -0.3 is 41.5 Å². The fraction of sp³-hybridized carbons (Fsp3) is 0.333. The van der Waals surface area contributed by atoms with E-state index in [1.54, 1.807) is 12.4 Å². The second kappa shape index (κ2) is 12.9. The summed E-state index contributed by atoms with van der Waals surface area (Å²) in [6, 6.07) is 7.59. The topological polar surface area (TPSA) is 235 Å². The van der Waals surface area contributed by atoms with Crippen molar-refractivity contribution in [2.75, 3.05) is 31.2 Å². The summed E-state index contributed by atoms with van der Waals surface area (Å²) in [7, 11) is 0. The fourth-order valence-electron chi connectivity index (χ4n) is 2.89. The standard InChI is InChI=1S/C17H20N6O2.C4H6O6/c18-16(19)22-15(24)9-12-2-1-3-13(8-12)14-10-20-17(21-11-14)23-4-6-25-7-5-23;5-1(3(7)8)2(6)4(9)10/h1-3,8,10-11H,4-7,9H2,(H4,18,19,22,24);1-2,5-6H,(H,7,8)(H,9,10)/t;1-,2-/m.1/s1. The molecule has 0 bridgehead atoms. The van der Waals surface area contributed by atoms with Gasteiger partial charge in [-0.3, -0.25) is 4.79 Å². The van der Waals surface area contributed by atoms with Crippen LogP contribution in [0.5, 0.6) is 0 Å². The lowest BCUT2D eigenvalue weighted by Crippen LogP contribution is -2.39. The highest BCUT2D eigenvalue weighted by Crippen LogP contribution is 2.21. The van der Waals surface area contributed by atoms with Gasteiger partial charge in [0.1, 0.15) is 0 Å². The van der Waals surface area contributed by atoms with E-state index >= 15 is 0 Å². The highest BCUT2D eigenvalue weighted by atomic mass is 16.5. The number of morpholine rings is 1. The average Bonchev–Trinajstić information content (AvgIpc) is 2.83. The minimum Gasteiger partial charge on any atom is -0.479 e. The monoisotopic (exact) mass is 490 g/mol. The van der Waals surface area contributed by atoms with Gasteiger partial charge in [0.15, 0.2) is 18.2 Å². The van der Waals surface area contributed by atoms with Gasteiger partial charge in [-0.25, -0.2) is 19.6 Å². The molecule has 0 saturated carbocycles. The second-order valence-electron chi connectivity index (χ2n) is 7.24. The van der Waals surface area contributed by atoms with E-state index in [1.807, 2.05) is 24.3 Å². The summed E-state index contributed by atoms with van der Waals surface area (Å²) in [5, 5.41) is 32.5. The SMILES string of the molecule is NC(N)=NC(=O)Cc1cccc(-c2cnc(N3CCOCC3)nc2)c1.O=C(O)[C@H](O)[C@@H](O)C(=O)O. The number of anilines is 1. The molecule has 8 N–H and O–H groups in total. The molecule has 0 spiro atoms. The highest BCUT2D eigenvalue weighted by molar-refractivity contribution is 5.92. The Morgan fingerprint density at radius 2 is 1.57 bits per heavy atom. The van der Waals surface area contributed by atoms with Gasteiger partial charge in [0.05, 0.1) is 19.6 Å². The van der Waals surface area contributed by atoms with Gasteiger partial charge in [-0.05, 0) is 11.1 Å². The number of aliphatic hydroxyl groups excluding tert-OH is 2. The lowest BCUT2D eigenvalue weighted by Gasteiger charge is -2.26. The van der Waals surface area contributed by atoms with Gasteiger partial charge in [0, 0.05) is 31.0 Å². The zero-order valence-corrected chi connectivity index (χ0v) is 18.5. The molecule has 14 heteroatoms. The molecule has 1 saturated heterocycles. The molecule has 0 aliphatic carbocycles.